The number of hydrogen-bond donors (Lipinski definition) is 1. The highest BCUT2D eigenvalue weighted by Gasteiger charge is 2.14. The Morgan fingerprint density at radius 2 is 2.00 bits per heavy atom. The maximum atomic E-state index is 5.93. The van der Waals surface area contributed by atoms with Gasteiger partial charge in [-0.25, -0.2) is 0 Å². The summed E-state index contributed by atoms with van der Waals surface area (Å²) in [5.41, 5.74) is 5.93. The summed E-state index contributed by atoms with van der Waals surface area (Å²) >= 11 is 0. The Morgan fingerprint density at radius 1 is 1.45 bits per heavy atom. The van der Waals surface area contributed by atoms with Gasteiger partial charge in [-0.3, -0.25) is 0 Å². The van der Waals surface area contributed by atoms with Crippen LogP contribution in [0.5, 0.6) is 0 Å². The zero-order valence-electron chi connectivity index (χ0n) is 7.88. The van der Waals surface area contributed by atoms with Gasteiger partial charge in [0.05, 0.1) is 0 Å². The molecule has 0 heterocycles. The summed E-state index contributed by atoms with van der Waals surface area (Å²) in [6.45, 7) is 3.31. The highest BCUT2D eigenvalue weighted by atomic mass is 31.0. The van der Waals surface area contributed by atoms with Crippen LogP contribution in [0.3, 0.4) is 0 Å². The molecular formula is C8H21N2P. The minimum absolute atomic E-state index is 0.340. The van der Waals surface area contributed by atoms with Crippen LogP contribution in [0.2, 0.25) is 0 Å². The largest absolute Gasteiger partial charge is 0.327 e. The molecule has 0 amide bonds. The molecule has 3 heteroatoms. The molecular weight excluding hydrogens is 155 g/mol. The van der Waals surface area contributed by atoms with E-state index in [2.05, 4.69) is 35.2 Å². The summed E-state index contributed by atoms with van der Waals surface area (Å²) in [6, 6.07) is 0.340. The number of nitrogens with two attached hydrogens (primary N) is 1. The smallest absolute Gasteiger partial charge is 0.0114 e. The van der Waals surface area contributed by atoms with Gasteiger partial charge in [0.15, 0.2) is 0 Å². The van der Waals surface area contributed by atoms with Gasteiger partial charge >= 0.3 is 0 Å². The van der Waals surface area contributed by atoms with Gasteiger partial charge in [0, 0.05) is 12.6 Å². The molecule has 0 aromatic rings. The molecule has 68 valence electrons. The Morgan fingerprint density at radius 3 is 2.27 bits per heavy atom. The topological polar surface area (TPSA) is 29.3 Å². The molecule has 11 heavy (non-hydrogen) atoms. The predicted molar refractivity (Wildman–Crippen MR) is 54.9 cm³/mol. The first-order valence-corrected chi connectivity index (χ1v) is 5.03. The van der Waals surface area contributed by atoms with E-state index in [9.17, 15) is 0 Å². The fourth-order valence-electron chi connectivity index (χ4n) is 1.23. The van der Waals surface area contributed by atoms with Crippen LogP contribution in [-0.4, -0.2) is 37.7 Å². The van der Waals surface area contributed by atoms with Crippen molar-refractivity contribution >= 4 is 9.24 Å². The van der Waals surface area contributed by atoms with Crippen molar-refractivity contribution in [2.75, 3.05) is 26.8 Å². The fourth-order valence-corrected chi connectivity index (χ4v) is 1.61. The monoisotopic (exact) mass is 176 g/mol. The lowest BCUT2D eigenvalue weighted by molar-refractivity contribution is 0.292. The number of hydrogen-bond acceptors (Lipinski definition) is 2. The van der Waals surface area contributed by atoms with E-state index in [1.54, 1.807) is 0 Å². The minimum atomic E-state index is 0.340. The van der Waals surface area contributed by atoms with Gasteiger partial charge in [0.25, 0.3) is 0 Å². The van der Waals surface area contributed by atoms with Crippen molar-refractivity contribution in [3.05, 3.63) is 0 Å². The molecule has 0 radical (unpaired) electrons. The number of nitrogens with zero attached hydrogens (tertiary/aromatic N) is 1. The predicted octanol–water partition coefficient (Wildman–Crippen LogP) is 0.777. The maximum Gasteiger partial charge on any atom is 0.0114 e. The summed E-state index contributed by atoms with van der Waals surface area (Å²) in [4.78, 5) is 2.20. The first-order chi connectivity index (χ1) is 5.11. The molecule has 0 aliphatic carbocycles. The Balaban J connectivity index is 3.74. The van der Waals surface area contributed by atoms with E-state index >= 15 is 0 Å². The molecule has 0 bridgehead atoms. The fraction of sp³-hybridized carbons (Fsp3) is 1.00. The van der Waals surface area contributed by atoms with Crippen LogP contribution < -0.4 is 5.73 Å². The summed E-state index contributed by atoms with van der Waals surface area (Å²) < 4.78 is 0. The van der Waals surface area contributed by atoms with E-state index in [0.29, 0.717) is 12.0 Å². The average Bonchev–Trinajstić information content (AvgIpc) is 1.98. The van der Waals surface area contributed by atoms with Crippen LogP contribution in [0.4, 0.5) is 0 Å². The van der Waals surface area contributed by atoms with Gasteiger partial charge < -0.3 is 10.6 Å². The molecule has 0 saturated carbocycles. The van der Waals surface area contributed by atoms with Crippen LogP contribution in [-0.2, 0) is 0 Å². The van der Waals surface area contributed by atoms with Crippen LogP contribution in [0.1, 0.15) is 13.3 Å². The second kappa shape index (κ2) is 5.93. The van der Waals surface area contributed by atoms with Crippen molar-refractivity contribution < 1.29 is 0 Å². The van der Waals surface area contributed by atoms with Crippen molar-refractivity contribution in [3.8, 4) is 0 Å². The summed E-state index contributed by atoms with van der Waals surface area (Å²) in [5, 5.41) is 0. The van der Waals surface area contributed by atoms with Crippen molar-refractivity contribution in [2.24, 2.45) is 11.7 Å². The quantitative estimate of drug-likeness (QED) is 0.627. The zero-order chi connectivity index (χ0) is 8.85. The van der Waals surface area contributed by atoms with Gasteiger partial charge in [-0.05, 0) is 26.2 Å². The lowest BCUT2D eigenvalue weighted by Crippen LogP contribution is -2.37. The third kappa shape index (κ3) is 4.73. The second-order valence-electron chi connectivity index (χ2n) is 3.33. The van der Waals surface area contributed by atoms with E-state index < -0.39 is 0 Å². The van der Waals surface area contributed by atoms with E-state index in [1.165, 1.54) is 6.42 Å². The third-order valence-corrected chi connectivity index (χ3v) is 2.55. The first-order valence-electron chi connectivity index (χ1n) is 4.22. The highest BCUT2D eigenvalue weighted by molar-refractivity contribution is 7.16. The van der Waals surface area contributed by atoms with Gasteiger partial charge in [-0.1, -0.05) is 13.3 Å². The molecule has 2 N–H and O–H groups in total. The van der Waals surface area contributed by atoms with E-state index in [1.807, 2.05) is 0 Å². The molecule has 0 aromatic heterocycles. The molecule has 3 unspecified atom stereocenters. The van der Waals surface area contributed by atoms with Crippen LogP contribution in [0, 0.1) is 5.92 Å². The SMILES string of the molecule is CCC(CN(C)C)C(N)CP. The average molecular weight is 176 g/mol. The normalized spacial score (nSPS) is 16.9. The van der Waals surface area contributed by atoms with Crippen molar-refractivity contribution in [1.29, 1.82) is 0 Å². The Bertz CT molecular complexity index is 96.1. The molecule has 0 aliphatic rings. The molecule has 0 aromatic carbocycles. The van der Waals surface area contributed by atoms with Gasteiger partial charge in [-0.15, -0.1) is 9.24 Å². The van der Waals surface area contributed by atoms with E-state index in [0.717, 1.165) is 12.7 Å². The van der Waals surface area contributed by atoms with Crippen molar-refractivity contribution in [1.82, 2.24) is 4.90 Å². The van der Waals surface area contributed by atoms with Crippen LogP contribution in [0.15, 0.2) is 0 Å². The van der Waals surface area contributed by atoms with E-state index in [-0.39, 0.29) is 0 Å². The first kappa shape index (κ1) is 11.4. The Labute approximate surface area is 72.7 Å². The molecule has 3 atom stereocenters. The third-order valence-electron chi connectivity index (χ3n) is 2.00. The van der Waals surface area contributed by atoms with Crippen molar-refractivity contribution in [2.45, 2.75) is 19.4 Å². The van der Waals surface area contributed by atoms with Crippen LogP contribution in [0.25, 0.3) is 0 Å². The van der Waals surface area contributed by atoms with Crippen molar-refractivity contribution in [3.63, 3.8) is 0 Å². The Kier molecular flexibility index (Phi) is 6.12. The molecule has 0 saturated heterocycles. The maximum absolute atomic E-state index is 5.93. The van der Waals surface area contributed by atoms with Gasteiger partial charge in [-0.2, -0.15) is 0 Å². The lowest BCUT2D eigenvalue weighted by Gasteiger charge is -2.24. The molecule has 0 aliphatic heterocycles. The molecule has 0 rings (SSSR count). The van der Waals surface area contributed by atoms with Crippen LogP contribution >= 0.6 is 9.24 Å². The Hall–Kier alpha value is 0.350. The minimum Gasteiger partial charge on any atom is -0.327 e. The highest BCUT2D eigenvalue weighted by Crippen LogP contribution is 2.09. The molecule has 0 spiro atoms. The lowest BCUT2D eigenvalue weighted by atomic mass is 9.99. The summed E-state index contributed by atoms with van der Waals surface area (Å²) in [7, 11) is 6.90. The summed E-state index contributed by atoms with van der Waals surface area (Å²) in [5.74, 6) is 0.641. The van der Waals surface area contributed by atoms with Gasteiger partial charge in [0.2, 0.25) is 0 Å². The second-order valence-corrected chi connectivity index (χ2v) is 3.80. The molecule has 2 nitrogen and oxygen atoms in total. The summed E-state index contributed by atoms with van der Waals surface area (Å²) in [6.07, 6.45) is 2.18. The zero-order valence-corrected chi connectivity index (χ0v) is 9.03. The molecule has 0 fully saturated rings. The van der Waals surface area contributed by atoms with E-state index in [4.69, 9.17) is 5.73 Å². The number of rotatable bonds is 5. The van der Waals surface area contributed by atoms with Gasteiger partial charge in [0.1, 0.15) is 0 Å². The standard InChI is InChI=1S/C8H21N2P/c1-4-7(5-10(2)3)8(9)6-11/h7-8H,4-6,9,11H2,1-3H3.